The van der Waals surface area contributed by atoms with Crippen LogP contribution in [0.1, 0.15) is 175 Å². The summed E-state index contributed by atoms with van der Waals surface area (Å²) < 4.78 is 16.5. The average molecular weight is 737 g/mol. The summed E-state index contributed by atoms with van der Waals surface area (Å²) in [6.45, 7) is 6.23. The minimum Gasteiger partial charge on any atom is -0.462 e. The molecule has 6 nitrogen and oxygen atoms in total. The first-order valence-electron chi connectivity index (χ1n) is 21.1. The number of ether oxygens (including phenoxy) is 3. The van der Waals surface area contributed by atoms with Crippen LogP contribution < -0.4 is 0 Å². The molecule has 0 heterocycles. The van der Waals surface area contributed by atoms with Gasteiger partial charge in [0.1, 0.15) is 13.2 Å². The molecule has 0 rings (SSSR count). The largest absolute Gasteiger partial charge is 0.462 e. The number of unbranched alkanes of at least 4 members (excludes halogenated alkanes) is 13. The van der Waals surface area contributed by atoms with Crippen LogP contribution >= 0.6 is 0 Å². The van der Waals surface area contributed by atoms with Crippen LogP contribution in [0.2, 0.25) is 0 Å². The van der Waals surface area contributed by atoms with Gasteiger partial charge in [-0.1, -0.05) is 157 Å². The first-order chi connectivity index (χ1) is 26.0. The Morgan fingerprint density at radius 2 is 0.868 bits per heavy atom. The molecule has 0 aliphatic carbocycles. The van der Waals surface area contributed by atoms with Crippen LogP contribution in [-0.4, -0.2) is 37.2 Å². The number of esters is 3. The Hall–Kier alpha value is -3.41. The monoisotopic (exact) mass is 737 g/mol. The van der Waals surface area contributed by atoms with E-state index >= 15 is 0 Å². The van der Waals surface area contributed by atoms with Crippen molar-refractivity contribution in [2.24, 2.45) is 0 Å². The zero-order valence-electron chi connectivity index (χ0n) is 34.0. The van der Waals surface area contributed by atoms with E-state index in [1.54, 1.807) is 0 Å². The van der Waals surface area contributed by atoms with Gasteiger partial charge in [-0.25, -0.2) is 0 Å². The molecule has 0 aromatic carbocycles. The SMILES string of the molecule is CC\C=C/C=C\C=C/CCCCCCCC(=O)OCC(COC(=O)CCCC/C=C\C/C=C\CC)OC(=O)CC/C=C\C/C=C\CCCCCCCC. The molecule has 0 aliphatic rings. The fraction of sp³-hybridized carbons (Fsp3) is 0.638. The van der Waals surface area contributed by atoms with Gasteiger partial charge in [0.2, 0.25) is 0 Å². The third kappa shape index (κ3) is 39.6. The molecule has 0 fully saturated rings. The average Bonchev–Trinajstić information content (AvgIpc) is 3.15. The molecular formula is C47H76O6. The van der Waals surface area contributed by atoms with Crippen molar-refractivity contribution in [1.29, 1.82) is 0 Å². The van der Waals surface area contributed by atoms with Gasteiger partial charge in [-0.15, -0.1) is 0 Å². The fourth-order valence-corrected chi connectivity index (χ4v) is 5.29. The highest BCUT2D eigenvalue weighted by Crippen LogP contribution is 2.11. The Morgan fingerprint density at radius 1 is 0.415 bits per heavy atom. The van der Waals surface area contributed by atoms with E-state index in [9.17, 15) is 14.4 Å². The van der Waals surface area contributed by atoms with Gasteiger partial charge in [-0.3, -0.25) is 14.4 Å². The fourth-order valence-electron chi connectivity index (χ4n) is 5.29. The molecule has 0 aromatic rings. The Labute approximate surface area is 325 Å². The van der Waals surface area contributed by atoms with Crippen molar-refractivity contribution in [2.45, 2.75) is 181 Å². The summed E-state index contributed by atoms with van der Waals surface area (Å²) in [7, 11) is 0. The molecule has 6 heteroatoms. The summed E-state index contributed by atoms with van der Waals surface area (Å²) >= 11 is 0. The lowest BCUT2D eigenvalue weighted by Crippen LogP contribution is -2.30. The van der Waals surface area contributed by atoms with Crippen molar-refractivity contribution >= 4 is 17.9 Å². The van der Waals surface area contributed by atoms with E-state index in [1.807, 2.05) is 12.2 Å². The smallest absolute Gasteiger partial charge is 0.306 e. The Bertz CT molecular complexity index is 1080. The number of rotatable bonds is 36. The van der Waals surface area contributed by atoms with E-state index in [2.05, 4.69) is 93.7 Å². The number of carbonyl (C=O) groups is 3. The number of allylic oxidation sites excluding steroid dienone is 14. The molecule has 1 atom stereocenters. The van der Waals surface area contributed by atoms with E-state index in [0.29, 0.717) is 19.3 Å². The quantitative estimate of drug-likeness (QED) is 0.0209. The van der Waals surface area contributed by atoms with E-state index in [4.69, 9.17) is 14.2 Å². The van der Waals surface area contributed by atoms with Crippen molar-refractivity contribution in [1.82, 2.24) is 0 Å². The molecule has 53 heavy (non-hydrogen) atoms. The lowest BCUT2D eigenvalue weighted by molar-refractivity contribution is -0.166. The second kappa shape index (κ2) is 41.3. The first kappa shape index (κ1) is 49.6. The maximum absolute atomic E-state index is 12.6. The van der Waals surface area contributed by atoms with E-state index in [0.717, 1.165) is 89.9 Å². The highest BCUT2D eigenvalue weighted by atomic mass is 16.6. The second-order valence-electron chi connectivity index (χ2n) is 13.5. The van der Waals surface area contributed by atoms with Crippen molar-refractivity contribution in [2.75, 3.05) is 13.2 Å². The normalized spacial score (nSPS) is 12.9. The number of hydrogen-bond acceptors (Lipinski definition) is 6. The van der Waals surface area contributed by atoms with E-state index < -0.39 is 12.1 Å². The van der Waals surface area contributed by atoms with Gasteiger partial charge in [-0.2, -0.15) is 0 Å². The van der Waals surface area contributed by atoms with Crippen LogP contribution in [-0.2, 0) is 28.6 Å². The number of hydrogen-bond donors (Lipinski definition) is 0. The van der Waals surface area contributed by atoms with Crippen LogP contribution in [0.4, 0.5) is 0 Å². The summed E-state index contributed by atoms with van der Waals surface area (Å²) in [4.78, 5) is 37.5. The number of carbonyl (C=O) groups excluding carboxylic acids is 3. The van der Waals surface area contributed by atoms with Gasteiger partial charge in [0.25, 0.3) is 0 Å². The summed E-state index contributed by atoms with van der Waals surface area (Å²) in [6.07, 6.45) is 51.6. The first-order valence-corrected chi connectivity index (χ1v) is 21.1. The van der Waals surface area contributed by atoms with Gasteiger partial charge in [0.05, 0.1) is 0 Å². The maximum Gasteiger partial charge on any atom is 0.306 e. The van der Waals surface area contributed by atoms with Crippen molar-refractivity contribution in [3.8, 4) is 0 Å². The van der Waals surface area contributed by atoms with Crippen molar-refractivity contribution < 1.29 is 28.6 Å². The molecule has 0 amide bonds. The molecule has 0 radical (unpaired) electrons. The molecule has 0 N–H and O–H groups in total. The minimum absolute atomic E-state index is 0.122. The van der Waals surface area contributed by atoms with Gasteiger partial charge in [0.15, 0.2) is 6.10 Å². The topological polar surface area (TPSA) is 78.9 Å². The summed E-state index contributed by atoms with van der Waals surface area (Å²) in [5.41, 5.74) is 0. The zero-order valence-corrected chi connectivity index (χ0v) is 34.0. The Kier molecular flexibility index (Phi) is 38.7. The second-order valence-corrected chi connectivity index (χ2v) is 13.5. The molecule has 0 aromatic heterocycles. The van der Waals surface area contributed by atoms with Gasteiger partial charge >= 0.3 is 17.9 Å². The third-order valence-electron chi connectivity index (χ3n) is 8.44. The Morgan fingerprint density at radius 3 is 1.45 bits per heavy atom. The van der Waals surface area contributed by atoms with Crippen LogP contribution in [0, 0.1) is 0 Å². The molecule has 0 aliphatic heterocycles. The summed E-state index contributed by atoms with van der Waals surface area (Å²) in [6, 6.07) is 0. The standard InChI is InChI=1S/C47H76O6/c1-4-7-10-13-16-19-21-23-25-28-31-34-37-40-46(49)52-43-44(42-51-45(48)39-36-33-30-27-18-15-12-9-6-3)53-47(50)41-38-35-32-29-26-24-22-20-17-14-11-8-5-2/h7,9-10,12-13,16,18-19,21,24,26-27,32,35,44H,4-6,8,11,14-15,17,20,22-23,25,28-31,33-34,36-43H2,1-3H3/b10-7-,12-9-,16-13-,21-19-,26-24-,27-18-,35-32-. The zero-order chi connectivity index (χ0) is 38.7. The summed E-state index contributed by atoms with van der Waals surface area (Å²) in [5.74, 6) is -1.06. The lowest BCUT2D eigenvalue weighted by Gasteiger charge is -2.18. The van der Waals surface area contributed by atoms with Crippen LogP contribution in [0.15, 0.2) is 85.1 Å². The molecule has 0 saturated heterocycles. The summed E-state index contributed by atoms with van der Waals surface area (Å²) in [5, 5.41) is 0. The Balaban J connectivity index is 4.53. The van der Waals surface area contributed by atoms with E-state index in [-0.39, 0.29) is 31.6 Å². The van der Waals surface area contributed by atoms with Gasteiger partial charge in [-0.05, 0) is 83.5 Å². The maximum atomic E-state index is 12.6. The van der Waals surface area contributed by atoms with Gasteiger partial charge < -0.3 is 14.2 Å². The van der Waals surface area contributed by atoms with Crippen molar-refractivity contribution in [3.05, 3.63) is 85.1 Å². The third-order valence-corrected chi connectivity index (χ3v) is 8.44. The van der Waals surface area contributed by atoms with Crippen LogP contribution in [0.3, 0.4) is 0 Å². The molecule has 0 bridgehead atoms. The van der Waals surface area contributed by atoms with E-state index in [1.165, 1.54) is 38.5 Å². The highest BCUT2D eigenvalue weighted by molar-refractivity contribution is 5.71. The predicted octanol–water partition coefficient (Wildman–Crippen LogP) is 13.3. The molecule has 0 saturated carbocycles. The molecule has 0 spiro atoms. The van der Waals surface area contributed by atoms with Crippen LogP contribution in [0.25, 0.3) is 0 Å². The van der Waals surface area contributed by atoms with Gasteiger partial charge in [0, 0.05) is 19.3 Å². The minimum atomic E-state index is -0.825. The molecule has 1 unspecified atom stereocenters. The van der Waals surface area contributed by atoms with Crippen LogP contribution in [0.5, 0.6) is 0 Å². The highest BCUT2D eigenvalue weighted by Gasteiger charge is 2.19. The molecule has 300 valence electrons. The van der Waals surface area contributed by atoms with Crippen molar-refractivity contribution in [3.63, 3.8) is 0 Å². The predicted molar refractivity (Wildman–Crippen MR) is 224 cm³/mol. The molecular weight excluding hydrogens is 661 g/mol. The lowest BCUT2D eigenvalue weighted by atomic mass is 10.1.